The maximum atomic E-state index is 14.7. The molecule has 0 spiro atoms. The molecule has 14 nitrogen and oxygen atoms in total. The number of likely N-dealkylation sites (tertiary alicyclic amines) is 2. The molecule has 0 radical (unpaired) electrons. The first kappa shape index (κ1) is 43.8. The molecular formula is C56H56N8O6. The van der Waals surface area contributed by atoms with E-state index in [9.17, 15) is 19.2 Å². The molecule has 4 N–H and O–H groups in total. The van der Waals surface area contributed by atoms with E-state index in [0.29, 0.717) is 11.5 Å². The van der Waals surface area contributed by atoms with E-state index in [-0.39, 0.29) is 47.3 Å². The fourth-order valence-electron chi connectivity index (χ4n) is 12.2. The standard InChI is InChI=1S/C56H56N8O6/c1-56-28-44(64(45(56)29-56)53(66)47(62-55(68)70-3)36-18-14-32(15-19-36)31-10-7-11-31)50-58-42-25-22-38-26-37(21-24-41(38)48(42)60-50)33-12-16-34(17-13-33)43-30-57-51(59-43)49-39-20-23-40(27-39)63(49)52(65)46(61-54(67)69-2)35-8-5-4-6-9-35/h4-6,8-9,12-19,21-22,24-26,30-31,39-40,44-47,49H,7,10-11,20,23,27-29H2,1-3H3,(H,57,59)(H,58,60)(H,61,67)(H,62,68)/t39-,40+,44-,45+,46+,47+,49-,56?/m0/s1. The Morgan fingerprint density at radius 1 is 0.714 bits per heavy atom. The van der Waals surface area contributed by atoms with Crippen LogP contribution in [0.3, 0.4) is 0 Å². The van der Waals surface area contributed by atoms with Crippen molar-refractivity contribution in [2.24, 2.45) is 11.3 Å². The molecule has 3 saturated carbocycles. The number of rotatable bonds is 11. The first-order valence-electron chi connectivity index (χ1n) is 24.6. The number of methoxy groups -OCH3 is 2. The third kappa shape index (κ3) is 7.55. The number of ether oxygens (including phenoxy) is 2. The lowest BCUT2D eigenvalue weighted by Gasteiger charge is -2.36. The minimum atomic E-state index is -0.893. The Bertz CT molecular complexity index is 3170. The number of fused-ring (bicyclic) bond motifs is 6. The van der Waals surface area contributed by atoms with E-state index in [1.54, 1.807) is 0 Å². The fraction of sp³-hybridized carbons (Fsp3) is 0.357. The topological polar surface area (TPSA) is 175 Å². The number of carbonyl (C=O) groups excluding carboxylic acids is 4. The van der Waals surface area contributed by atoms with Gasteiger partial charge in [-0.3, -0.25) is 9.59 Å². The van der Waals surface area contributed by atoms with Gasteiger partial charge >= 0.3 is 12.2 Å². The number of piperidine rings is 2. The lowest BCUT2D eigenvalue weighted by atomic mass is 9.80. The number of aromatic nitrogens is 4. The highest BCUT2D eigenvalue weighted by Gasteiger charge is 2.64. The zero-order valence-corrected chi connectivity index (χ0v) is 39.5. The van der Waals surface area contributed by atoms with Crippen molar-refractivity contribution in [1.29, 1.82) is 0 Å². The molecule has 4 amide bonds. The maximum Gasteiger partial charge on any atom is 0.407 e. The molecule has 5 aliphatic rings. The van der Waals surface area contributed by atoms with Gasteiger partial charge in [-0.25, -0.2) is 19.6 Å². The second-order valence-corrected chi connectivity index (χ2v) is 20.4. The molecule has 70 heavy (non-hydrogen) atoms. The third-order valence-corrected chi connectivity index (χ3v) is 16.3. The van der Waals surface area contributed by atoms with Crippen LogP contribution in [0.1, 0.15) is 117 Å². The van der Waals surface area contributed by atoms with E-state index in [0.717, 1.165) is 93.5 Å². The van der Waals surface area contributed by atoms with Crippen LogP contribution in [0.25, 0.3) is 44.2 Å². The second-order valence-electron chi connectivity index (χ2n) is 20.4. The van der Waals surface area contributed by atoms with E-state index in [4.69, 9.17) is 19.4 Å². The lowest BCUT2D eigenvalue weighted by molar-refractivity contribution is -0.138. The number of alkyl carbamates (subject to hydrolysis) is 2. The second kappa shape index (κ2) is 17.2. The third-order valence-electron chi connectivity index (χ3n) is 16.3. The summed E-state index contributed by atoms with van der Waals surface area (Å²) in [5.41, 5.74) is 8.40. The number of benzene rings is 5. The number of H-pyrrole nitrogens is 2. The summed E-state index contributed by atoms with van der Waals surface area (Å²) in [6.45, 7) is 2.24. The summed E-state index contributed by atoms with van der Waals surface area (Å²) in [6.07, 6.45) is 8.66. The van der Waals surface area contributed by atoms with Gasteiger partial charge in [0, 0.05) is 17.5 Å². The van der Waals surface area contributed by atoms with Crippen molar-refractivity contribution in [3.05, 3.63) is 144 Å². The summed E-state index contributed by atoms with van der Waals surface area (Å²) in [7, 11) is 2.62. The number of hydrogen-bond donors (Lipinski definition) is 4. The molecule has 5 aromatic carbocycles. The van der Waals surface area contributed by atoms with Crippen LogP contribution in [0, 0.1) is 11.3 Å². The summed E-state index contributed by atoms with van der Waals surface area (Å²) < 4.78 is 9.92. The molecule has 1 unspecified atom stereocenters. The van der Waals surface area contributed by atoms with Gasteiger partial charge in [-0.15, -0.1) is 0 Å². The van der Waals surface area contributed by atoms with Crippen molar-refractivity contribution in [3.63, 3.8) is 0 Å². The van der Waals surface area contributed by atoms with Crippen molar-refractivity contribution >= 4 is 45.8 Å². The van der Waals surface area contributed by atoms with E-state index < -0.39 is 24.3 Å². The van der Waals surface area contributed by atoms with Crippen LogP contribution in [0.15, 0.2) is 115 Å². The number of hydrogen-bond acceptors (Lipinski definition) is 8. The summed E-state index contributed by atoms with van der Waals surface area (Å²) in [6, 6.07) is 34.3. The predicted octanol–water partition coefficient (Wildman–Crippen LogP) is 10.3. The van der Waals surface area contributed by atoms with Crippen LogP contribution >= 0.6 is 0 Å². The highest BCUT2D eigenvalue weighted by molar-refractivity contribution is 6.05. The number of imidazole rings is 2. The van der Waals surface area contributed by atoms with Gasteiger partial charge in [0.15, 0.2) is 0 Å². The number of nitrogens with zero attached hydrogens (tertiary/aromatic N) is 4. The SMILES string of the molecule is COC(=O)N[C@@H](C(=O)N1[C@@H]2CC[C@@H](C2)[C@H]1c1ncc(-c2ccc(-c3ccc4c(ccc5[nH]c([C@@H]6CC7(C)C[C@H]7N6C(=O)[C@H](NC(=O)OC)c6ccc(C7CCC7)cc6)nc54)c3)cc2)[nH]1)c1ccccc1. The van der Waals surface area contributed by atoms with Crippen molar-refractivity contribution in [1.82, 2.24) is 40.4 Å². The van der Waals surface area contributed by atoms with Gasteiger partial charge in [-0.2, -0.15) is 0 Å². The minimum absolute atomic E-state index is 0.0227. The summed E-state index contributed by atoms with van der Waals surface area (Å²) >= 11 is 0. The Morgan fingerprint density at radius 2 is 1.40 bits per heavy atom. The number of carbonyl (C=O) groups is 4. The van der Waals surface area contributed by atoms with Gasteiger partial charge in [-0.1, -0.05) is 110 Å². The van der Waals surface area contributed by atoms with Gasteiger partial charge in [0.05, 0.1) is 49.2 Å². The molecule has 12 rings (SSSR count). The van der Waals surface area contributed by atoms with Gasteiger partial charge in [0.2, 0.25) is 0 Å². The Hall–Kier alpha value is -7.48. The van der Waals surface area contributed by atoms with E-state index >= 15 is 0 Å². The molecule has 8 atom stereocenters. The molecule has 4 heterocycles. The van der Waals surface area contributed by atoms with Crippen molar-refractivity contribution in [2.45, 2.75) is 100 Å². The Morgan fingerprint density at radius 3 is 2.10 bits per heavy atom. The first-order valence-corrected chi connectivity index (χ1v) is 24.6. The van der Waals surface area contributed by atoms with Gasteiger partial charge < -0.3 is 39.9 Å². The molecule has 14 heteroatoms. The van der Waals surface area contributed by atoms with Gasteiger partial charge in [-0.05, 0) is 113 Å². The van der Waals surface area contributed by atoms with Gasteiger partial charge in [0.25, 0.3) is 11.8 Å². The van der Waals surface area contributed by atoms with E-state index in [1.165, 1.54) is 39.0 Å². The lowest BCUT2D eigenvalue weighted by Crippen LogP contribution is -2.47. The predicted molar refractivity (Wildman–Crippen MR) is 264 cm³/mol. The fourth-order valence-corrected chi connectivity index (χ4v) is 12.2. The minimum Gasteiger partial charge on any atom is -0.453 e. The average molecular weight is 937 g/mol. The monoisotopic (exact) mass is 936 g/mol. The molecule has 2 saturated heterocycles. The summed E-state index contributed by atoms with van der Waals surface area (Å²) in [4.78, 5) is 75.4. The smallest absolute Gasteiger partial charge is 0.407 e. The number of amides is 4. The molecule has 356 valence electrons. The highest BCUT2D eigenvalue weighted by Crippen LogP contribution is 2.63. The molecule has 2 aliphatic heterocycles. The molecule has 2 bridgehead atoms. The maximum absolute atomic E-state index is 14.7. The average Bonchev–Trinajstić information content (AvgIpc) is 4.07. The van der Waals surface area contributed by atoms with Crippen LogP contribution in [0.5, 0.6) is 0 Å². The zero-order chi connectivity index (χ0) is 47.8. The van der Waals surface area contributed by atoms with Crippen molar-refractivity contribution < 1.29 is 28.7 Å². The van der Waals surface area contributed by atoms with Crippen molar-refractivity contribution in [3.8, 4) is 22.4 Å². The zero-order valence-electron chi connectivity index (χ0n) is 39.5. The normalized spacial score (nSPS) is 24.2. The van der Waals surface area contributed by atoms with Crippen LogP contribution < -0.4 is 10.6 Å². The van der Waals surface area contributed by atoms with E-state index in [1.807, 2.05) is 58.5 Å². The number of aromatic amines is 2. The quantitative estimate of drug-likeness (QED) is 0.0991. The molecule has 2 aromatic heterocycles. The molecule has 3 aliphatic carbocycles. The molecule has 5 fully saturated rings. The van der Waals surface area contributed by atoms with Crippen LogP contribution in [0.2, 0.25) is 0 Å². The first-order chi connectivity index (χ1) is 34.1. The van der Waals surface area contributed by atoms with E-state index in [2.05, 4.69) is 94.3 Å². The Balaban J connectivity index is 0.779. The summed E-state index contributed by atoms with van der Waals surface area (Å²) in [5, 5.41) is 7.71. The number of nitrogens with one attached hydrogen (secondary N) is 4. The highest BCUT2D eigenvalue weighted by atomic mass is 16.5. The van der Waals surface area contributed by atoms with Gasteiger partial charge in [0.1, 0.15) is 23.7 Å². The van der Waals surface area contributed by atoms with Crippen LogP contribution in [-0.4, -0.2) is 80.0 Å². The van der Waals surface area contributed by atoms with Crippen LogP contribution in [0.4, 0.5) is 9.59 Å². The largest absolute Gasteiger partial charge is 0.453 e. The molecular weight excluding hydrogens is 881 g/mol. The summed E-state index contributed by atoms with van der Waals surface area (Å²) in [5.74, 6) is 1.99. The molecule has 7 aromatic rings. The van der Waals surface area contributed by atoms with Crippen LogP contribution in [-0.2, 0) is 19.1 Å². The Labute approximate surface area is 405 Å². The van der Waals surface area contributed by atoms with Crippen molar-refractivity contribution in [2.75, 3.05) is 14.2 Å². The Kier molecular flexibility index (Phi) is 10.7.